The molecule has 0 saturated heterocycles. The van der Waals surface area contributed by atoms with E-state index in [0.717, 1.165) is 6.42 Å². The molecule has 3 heteroatoms. The Morgan fingerprint density at radius 3 is 1.67 bits per heavy atom. The highest BCUT2D eigenvalue weighted by Gasteiger charge is 1.95. The molecule has 0 saturated carbocycles. The van der Waals surface area contributed by atoms with Crippen molar-refractivity contribution in [3.8, 4) is 0 Å². The fraction of sp³-hybridized carbons (Fsp3) is 1.00. The van der Waals surface area contributed by atoms with Crippen LogP contribution in [-0.2, 0) is 0 Å². The highest BCUT2D eigenvalue weighted by atomic mass is 35.5. The average molecular weight is 240 g/mol. The van der Waals surface area contributed by atoms with Gasteiger partial charge in [-0.3, -0.25) is 0 Å². The van der Waals surface area contributed by atoms with E-state index in [1.54, 1.807) is 0 Å². The first-order valence-electron chi connectivity index (χ1n) is 5.95. The molecule has 0 aromatic rings. The van der Waals surface area contributed by atoms with Crippen molar-refractivity contribution in [3.63, 3.8) is 0 Å². The van der Waals surface area contributed by atoms with Crippen molar-refractivity contribution < 1.29 is 17.5 Å². The maximum Gasteiger partial charge on any atom is 0.0512 e. The molecule has 0 aliphatic heterocycles. The minimum atomic E-state index is -0.0971. The van der Waals surface area contributed by atoms with Crippen LogP contribution in [-0.4, -0.2) is 11.2 Å². The maximum absolute atomic E-state index is 9.03. The number of aliphatic hydroxyl groups excluding tert-OH is 1. The zero-order valence-corrected chi connectivity index (χ0v) is 11.5. The normalized spacial score (nSPS) is 11.4. The van der Waals surface area contributed by atoms with Crippen molar-refractivity contribution in [2.24, 2.45) is 0 Å². The van der Waals surface area contributed by atoms with Crippen LogP contribution >= 0.6 is 0 Å². The summed E-state index contributed by atoms with van der Waals surface area (Å²) in [6, 6.07) is 0. The Labute approximate surface area is 102 Å². The van der Waals surface area contributed by atoms with E-state index < -0.39 is 0 Å². The van der Waals surface area contributed by atoms with E-state index in [0.29, 0.717) is 0 Å². The molecular weight excluding hydrogens is 210 g/mol. The molecule has 0 aromatic heterocycles. The number of hydrogen-bond acceptors (Lipinski definition) is 1. The molecule has 0 aliphatic carbocycles. The lowest BCUT2D eigenvalue weighted by Gasteiger charge is -2.03. The molecule has 0 radical (unpaired) electrons. The first kappa shape index (κ1) is 20.6. The molecule has 0 aliphatic rings. The minimum Gasteiger partial charge on any atom is -1.00 e. The monoisotopic (exact) mass is 239 g/mol. The van der Waals surface area contributed by atoms with Crippen LogP contribution in [0.3, 0.4) is 0 Å². The summed E-state index contributed by atoms with van der Waals surface area (Å²) < 4.78 is 0. The molecular formula is C12H30ClNO. The van der Waals surface area contributed by atoms with Crippen LogP contribution in [0.2, 0.25) is 0 Å². The van der Waals surface area contributed by atoms with Gasteiger partial charge in [-0.25, -0.2) is 0 Å². The molecule has 0 aromatic carbocycles. The van der Waals surface area contributed by atoms with Gasteiger partial charge in [0.1, 0.15) is 0 Å². The van der Waals surface area contributed by atoms with Gasteiger partial charge in [-0.15, -0.1) is 0 Å². The lowest BCUT2D eigenvalue weighted by Crippen LogP contribution is -3.00. The third kappa shape index (κ3) is 20.3. The fourth-order valence-electron chi connectivity index (χ4n) is 1.57. The summed E-state index contributed by atoms with van der Waals surface area (Å²) in [5.74, 6) is 0. The lowest BCUT2D eigenvalue weighted by molar-refractivity contribution is -0.00000586. The molecule has 1 unspecified atom stereocenters. The molecule has 5 N–H and O–H groups in total. The standard InChI is InChI=1S/C12H26O.ClH.H3N/c1-3-4-5-6-7-8-9-10-11-12(2)13;;/h12-13H,3-11H2,1-2H3;1H;1H3. The average Bonchev–Trinajstić information content (AvgIpc) is 2.09. The van der Waals surface area contributed by atoms with E-state index in [9.17, 15) is 0 Å². The predicted octanol–water partition coefficient (Wildman–Crippen LogP) is 1.28. The Hall–Kier alpha value is 0.210. The summed E-state index contributed by atoms with van der Waals surface area (Å²) >= 11 is 0. The highest BCUT2D eigenvalue weighted by molar-refractivity contribution is 4.49. The summed E-state index contributed by atoms with van der Waals surface area (Å²) in [6.45, 7) is 4.13. The topological polar surface area (TPSA) is 56.7 Å². The van der Waals surface area contributed by atoms with Gasteiger partial charge in [-0.1, -0.05) is 58.3 Å². The van der Waals surface area contributed by atoms with Crippen LogP contribution < -0.4 is 18.6 Å². The molecule has 2 nitrogen and oxygen atoms in total. The largest absolute Gasteiger partial charge is 1.00 e. The number of aliphatic hydroxyl groups is 1. The fourth-order valence-corrected chi connectivity index (χ4v) is 1.57. The van der Waals surface area contributed by atoms with Gasteiger partial charge < -0.3 is 23.7 Å². The third-order valence-corrected chi connectivity index (χ3v) is 2.48. The Morgan fingerprint density at radius 2 is 1.27 bits per heavy atom. The summed E-state index contributed by atoms with van der Waals surface area (Å²) in [5, 5.41) is 9.03. The molecule has 0 heterocycles. The van der Waals surface area contributed by atoms with Crippen molar-refractivity contribution in [3.05, 3.63) is 0 Å². The summed E-state index contributed by atoms with van der Waals surface area (Å²) in [5.41, 5.74) is 0. The third-order valence-electron chi connectivity index (χ3n) is 2.48. The SMILES string of the molecule is CCCCCCCCCCC(C)O.[Cl-].[NH4+]. The van der Waals surface area contributed by atoms with Gasteiger partial charge in [-0.05, 0) is 13.3 Å². The number of unbranched alkanes of at least 4 members (excludes halogenated alkanes) is 7. The van der Waals surface area contributed by atoms with E-state index in [4.69, 9.17) is 5.11 Å². The number of halogens is 1. The maximum atomic E-state index is 9.03. The van der Waals surface area contributed by atoms with Gasteiger partial charge in [0.25, 0.3) is 0 Å². The Kier molecular flexibility index (Phi) is 22.8. The second kappa shape index (κ2) is 16.6. The van der Waals surface area contributed by atoms with Gasteiger partial charge in [0.2, 0.25) is 0 Å². The molecule has 1 atom stereocenters. The van der Waals surface area contributed by atoms with E-state index >= 15 is 0 Å². The van der Waals surface area contributed by atoms with Crippen molar-refractivity contribution >= 4 is 0 Å². The summed E-state index contributed by atoms with van der Waals surface area (Å²) in [7, 11) is 0. The quantitative estimate of drug-likeness (QED) is 0.586. The van der Waals surface area contributed by atoms with Crippen molar-refractivity contribution in [2.45, 2.75) is 77.7 Å². The number of quaternary nitrogens is 1. The predicted molar refractivity (Wildman–Crippen MR) is 64.9 cm³/mol. The first-order chi connectivity index (χ1) is 6.27. The Bertz CT molecular complexity index is 99.6. The second-order valence-corrected chi connectivity index (χ2v) is 4.11. The molecule has 15 heavy (non-hydrogen) atoms. The smallest absolute Gasteiger partial charge is 0.0512 e. The van der Waals surface area contributed by atoms with Crippen LogP contribution in [0.5, 0.6) is 0 Å². The molecule has 0 rings (SSSR count). The Morgan fingerprint density at radius 1 is 0.867 bits per heavy atom. The second-order valence-electron chi connectivity index (χ2n) is 4.11. The van der Waals surface area contributed by atoms with Crippen LogP contribution in [0.25, 0.3) is 0 Å². The van der Waals surface area contributed by atoms with Gasteiger partial charge in [0.05, 0.1) is 6.10 Å². The van der Waals surface area contributed by atoms with E-state index in [1.165, 1.54) is 51.4 Å². The number of hydrogen-bond donors (Lipinski definition) is 2. The zero-order valence-electron chi connectivity index (χ0n) is 10.8. The van der Waals surface area contributed by atoms with Gasteiger partial charge >= 0.3 is 0 Å². The van der Waals surface area contributed by atoms with Crippen LogP contribution in [0.15, 0.2) is 0 Å². The van der Waals surface area contributed by atoms with E-state index in [2.05, 4.69) is 6.92 Å². The van der Waals surface area contributed by atoms with E-state index in [-0.39, 0.29) is 24.7 Å². The van der Waals surface area contributed by atoms with Crippen molar-refractivity contribution in [2.75, 3.05) is 0 Å². The molecule has 96 valence electrons. The molecule has 0 spiro atoms. The van der Waals surface area contributed by atoms with Crippen molar-refractivity contribution in [1.82, 2.24) is 6.15 Å². The molecule has 0 fully saturated rings. The number of rotatable bonds is 9. The molecule has 0 amide bonds. The van der Waals surface area contributed by atoms with Gasteiger partial charge in [0.15, 0.2) is 0 Å². The van der Waals surface area contributed by atoms with Crippen LogP contribution in [0.1, 0.15) is 71.6 Å². The van der Waals surface area contributed by atoms with E-state index in [1.807, 2.05) is 6.92 Å². The summed E-state index contributed by atoms with van der Waals surface area (Å²) in [6.07, 6.45) is 11.7. The lowest BCUT2D eigenvalue weighted by atomic mass is 10.1. The highest BCUT2D eigenvalue weighted by Crippen LogP contribution is 2.10. The minimum absolute atomic E-state index is 0. The van der Waals surface area contributed by atoms with Crippen LogP contribution in [0.4, 0.5) is 0 Å². The van der Waals surface area contributed by atoms with Gasteiger partial charge in [-0.2, -0.15) is 0 Å². The van der Waals surface area contributed by atoms with Gasteiger partial charge in [0, 0.05) is 0 Å². The zero-order chi connectivity index (χ0) is 9.94. The van der Waals surface area contributed by atoms with Crippen molar-refractivity contribution in [1.29, 1.82) is 0 Å². The first-order valence-corrected chi connectivity index (χ1v) is 5.95. The van der Waals surface area contributed by atoms with Crippen LogP contribution in [0, 0.1) is 0 Å². The Balaban J connectivity index is -0.000000720. The summed E-state index contributed by atoms with van der Waals surface area (Å²) in [4.78, 5) is 0. The molecule has 0 bridgehead atoms.